The Morgan fingerprint density at radius 1 is 1.39 bits per heavy atom. The van der Waals surface area contributed by atoms with Crippen molar-refractivity contribution in [2.45, 2.75) is 43.5 Å². The summed E-state index contributed by atoms with van der Waals surface area (Å²) >= 11 is 7.61. The van der Waals surface area contributed by atoms with E-state index in [-0.39, 0.29) is 10.8 Å². The molecule has 1 aliphatic rings. The highest BCUT2D eigenvalue weighted by Gasteiger charge is 2.23. The molecule has 1 aromatic rings. The molecule has 100 valence electrons. The minimum absolute atomic E-state index is 0.193. The highest BCUT2D eigenvalue weighted by molar-refractivity contribution is 7.99. The molecular formula is C14H19ClFNS. The summed E-state index contributed by atoms with van der Waals surface area (Å²) in [5.74, 6) is -0.332. The second kappa shape index (κ2) is 6.78. The van der Waals surface area contributed by atoms with Crippen molar-refractivity contribution in [2.75, 3.05) is 6.26 Å². The molecule has 1 nitrogen and oxygen atoms in total. The van der Waals surface area contributed by atoms with Crippen LogP contribution in [0.4, 0.5) is 4.39 Å². The normalized spacial score (nSPS) is 24.2. The van der Waals surface area contributed by atoms with Gasteiger partial charge in [-0.3, -0.25) is 0 Å². The second-order valence-electron chi connectivity index (χ2n) is 4.79. The average Bonchev–Trinajstić information content (AvgIpc) is 2.40. The fraction of sp³-hybridized carbons (Fsp3) is 0.571. The molecule has 1 fully saturated rings. The van der Waals surface area contributed by atoms with Crippen molar-refractivity contribution in [2.24, 2.45) is 0 Å². The lowest BCUT2D eigenvalue weighted by atomic mass is 9.94. The molecule has 2 atom stereocenters. The maximum atomic E-state index is 13.3. The fourth-order valence-corrected chi connectivity index (χ4v) is 3.59. The van der Waals surface area contributed by atoms with Crippen LogP contribution in [0.25, 0.3) is 0 Å². The van der Waals surface area contributed by atoms with E-state index in [1.807, 2.05) is 17.8 Å². The van der Waals surface area contributed by atoms with Gasteiger partial charge in [-0.2, -0.15) is 11.8 Å². The molecule has 0 radical (unpaired) electrons. The molecule has 1 aliphatic carbocycles. The van der Waals surface area contributed by atoms with Crippen molar-refractivity contribution >= 4 is 23.4 Å². The van der Waals surface area contributed by atoms with Gasteiger partial charge in [-0.15, -0.1) is 0 Å². The van der Waals surface area contributed by atoms with Gasteiger partial charge in [0.1, 0.15) is 5.82 Å². The molecule has 1 N–H and O–H groups in total. The van der Waals surface area contributed by atoms with Gasteiger partial charge in [0.2, 0.25) is 0 Å². The van der Waals surface area contributed by atoms with Crippen molar-refractivity contribution in [3.63, 3.8) is 0 Å². The van der Waals surface area contributed by atoms with E-state index in [1.54, 1.807) is 6.07 Å². The minimum Gasteiger partial charge on any atom is -0.309 e. The summed E-state index contributed by atoms with van der Waals surface area (Å²) in [5.41, 5.74) is 0.960. The van der Waals surface area contributed by atoms with Gasteiger partial charge in [-0.05, 0) is 36.8 Å². The summed E-state index contributed by atoms with van der Waals surface area (Å²) < 4.78 is 13.3. The Hall–Kier alpha value is -0.250. The largest absolute Gasteiger partial charge is 0.309 e. The summed E-state index contributed by atoms with van der Waals surface area (Å²) in [6.07, 6.45) is 7.31. The van der Waals surface area contributed by atoms with Crippen LogP contribution in [0, 0.1) is 5.82 Å². The van der Waals surface area contributed by atoms with Crippen molar-refractivity contribution in [1.29, 1.82) is 0 Å². The molecule has 0 spiro atoms. The van der Waals surface area contributed by atoms with E-state index in [0.717, 1.165) is 12.1 Å². The Kier molecular flexibility index (Phi) is 5.34. The number of halogens is 2. The van der Waals surface area contributed by atoms with Crippen LogP contribution >= 0.6 is 23.4 Å². The number of hydrogen-bond acceptors (Lipinski definition) is 2. The molecule has 0 aromatic heterocycles. The van der Waals surface area contributed by atoms with Gasteiger partial charge >= 0.3 is 0 Å². The molecule has 0 aliphatic heterocycles. The van der Waals surface area contributed by atoms with E-state index in [1.165, 1.54) is 31.7 Å². The van der Waals surface area contributed by atoms with E-state index in [0.29, 0.717) is 11.3 Å². The van der Waals surface area contributed by atoms with Crippen LogP contribution in [0.3, 0.4) is 0 Å². The third-order valence-electron chi connectivity index (χ3n) is 3.56. The quantitative estimate of drug-likeness (QED) is 0.889. The molecule has 2 rings (SSSR count). The third kappa shape index (κ3) is 3.62. The number of benzene rings is 1. The highest BCUT2D eigenvalue weighted by atomic mass is 35.5. The SMILES string of the molecule is CSC1CCCCC1NCc1ccc(Cl)c(F)c1. The first-order chi connectivity index (χ1) is 8.70. The molecule has 0 bridgehead atoms. The minimum atomic E-state index is -0.332. The lowest BCUT2D eigenvalue weighted by molar-refractivity contribution is 0.383. The van der Waals surface area contributed by atoms with Gasteiger partial charge in [-0.1, -0.05) is 30.5 Å². The highest BCUT2D eigenvalue weighted by Crippen LogP contribution is 2.27. The van der Waals surface area contributed by atoms with Crippen molar-refractivity contribution in [1.82, 2.24) is 5.32 Å². The Labute approximate surface area is 117 Å². The molecule has 4 heteroatoms. The van der Waals surface area contributed by atoms with Gasteiger partial charge in [0, 0.05) is 17.8 Å². The van der Waals surface area contributed by atoms with Crippen molar-refractivity contribution < 1.29 is 4.39 Å². The third-order valence-corrected chi connectivity index (χ3v) is 5.03. The molecule has 0 saturated heterocycles. The maximum Gasteiger partial charge on any atom is 0.142 e. The van der Waals surface area contributed by atoms with Crippen molar-refractivity contribution in [3.8, 4) is 0 Å². The smallest absolute Gasteiger partial charge is 0.142 e. The first kappa shape index (κ1) is 14.2. The van der Waals surface area contributed by atoms with Gasteiger partial charge in [0.15, 0.2) is 0 Å². The van der Waals surface area contributed by atoms with Gasteiger partial charge in [0.25, 0.3) is 0 Å². The topological polar surface area (TPSA) is 12.0 Å². The molecule has 1 aromatic carbocycles. The molecule has 1 saturated carbocycles. The van der Waals surface area contributed by atoms with Crippen molar-refractivity contribution in [3.05, 3.63) is 34.6 Å². The van der Waals surface area contributed by atoms with Gasteiger partial charge < -0.3 is 5.32 Å². The van der Waals surface area contributed by atoms with E-state index in [9.17, 15) is 4.39 Å². The zero-order chi connectivity index (χ0) is 13.0. The van der Waals surface area contributed by atoms with Gasteiger partial charge in [0.05, 0.1) is 5.02 Å². The second-order valence-corrected chi connectivity index (χ2v) is 6.28. The Morgan fingerprint density at radius 2 is 2.17 bits per heavy atom. The predicted molar refractivity (Wildman–Crippen MR) is 77.8 cm³/mol. The van der Waals surface area contributed by atoms with Gasteiger partial charge in [-0.25, -0.2) is 4.39 Å². The van der Waals surface area contributed by atoms with Crippen LogP contribution in [-0.2, 0) is 6.54 Å². The number of hydrogen-bond donors (Lipinski definition) is 1. The summed E-state index contributed by atoms with van der Waals surface area (Å²) in [6, 6.07) is 5.58. The Balaban J connectivity index is 1.91. The first-order valence-electron chi connectivity index (χ1n) is 6.41. The van der Waals surface area contributed by atoms with Crippen LogP contribution in [-0.4, -0.2) is 17.5 Å². The van der Waals surface area contributed by atoms with E-state index < -0.39 is 0 Å². The standard InChI is InChI=1S/C14H19ClFNS/c1-18-14-5-3-2-4-13(14)17-9-10-6-7-11(15)12(16)8-10/h6-8,13-14,17H,2-5,9H2,1H3. The van der Waals surface area contributed by atoms with E-state index in [2.05, 4.69) is 11.6 Å². The first-order valence-corrected chi connectivity index (χ1v) is 8.07. The summed E-state index contributed by atoms with van der Waals surface area (Å²) in [7, 11) is 0. The number of rotatable bonds is 4. The van der Waals surface area contributed by atoms with E-state index in [4.69, 9.17) is 11.6 Å². The lowest BCUT2D eigenvalue weighted by Gasteiger charge is -2.31. The van der Waals surface area contributed by atoms with E-state index >= 15 is 0 Å². The summed E-state index contributed by atoms with van der Waals surface area (Å²) in [6.45, 7) is 0.718. The Bertz CT molecular complexity index is 399. The Morgan fingerprint density at radius 3 is 2.89 bits per heavy atom. The van der Waals surface area contributed by atoms with Crippen LogP contribution in [0.2, 0.25) is 5.02 Å². The molecule has 2 unspecified atom stereocenters. The molecule has 0 amide bonds. The zero-order valence-corrected chi connectivity index (χ0v) is 12.2. The molecule has 0 heterocycles. The number of nitrogens with one attached hydrogen (secondary N) is 1. The maximum absolute atomic E-state index is 13.3. The molecule has 18 heavy (non-hydrogen) atoms. The average molecular weight is 288 g/mol. The fourth-order valence-electron chi connectivity index (χ4n) is 2.51. The van der Waals surface area contributed by atoms with Crippen LogP contribution in [0.15, 0.2) is 18.2 Å². The predicted octanol–water partition coefficient (Wildman–Crippen LogP) is 4.24. The van der Waals surface area contributed by atoms with Crippen LogP contribution < -0.4 is 5.32 Å². The summed E-state index contributed by atoms with van der Waals surface area (Å²) in [5, 5.41) is 4.44. The zero-order valence-electron chi connectivity index (χ0n) is 10.6. The van der Waals surface area contributed by atoms with Crippen LogP contribution in [0.5, 0.6) is 0 Å². The lowest BCUT2D eigenvalue weighted by Crippen LogP contribution is -2.39. The summed E-state index contributed by atoms with van der Waals surface area (Å²) in [4.78, 5) is 0. The monoisotopic (exact) mass is 287 g/mol. The number of thioether (sulfide) groups is 1. The molecular weight excluding hydrogens is 269 g/mol. The van der Waals surface area contributed by atoms with Crippen LogP contribution in [0.1, 0.15) is 31.2 Å².